The monoisotopic (exact) mass is 362 g/mol. The number of amides is 1. The van der Waals surface area contributed by atoms with E-state index in [0.29, 0.717) is 37.7 Å². The van der Waals surface area contributed by atoms with E-state index in [9.17, 15) is 9.59 Å². The molecule has 0 spiro atoms. The molecule has 1 aliphatic heterocycles. The lowest BCUT2D eigenvalue weighted by Gasteiger charge is -2.32. The predicted octanol–water partition coefficient (Wildman–Crippen LogP) is 2.01. The molecule has 8 heteroatoms. The van der Waals surface area contributed by atoms with E-state index in [1.165, 1.54) is 11.8 Å². The molecule has 2 aromatic heterocycles. The van der Waals surface area contributed by atoms with Crippen LogP contribution in [0.1, 0.15) is 26.7 Å². The Bertz CT molecular complexity index is 755. The van der Waals surface area contributed by atoms with Gasteiger partial charge in [-0.1, -0.05) is 17.8 Å². The van der Waals surface area contributed by atoms with Crippen LogP contribution in [0.3, 0.4) is 0 Å². The van der Waals surface area contributed by atoms with E-state index in [1.54, 1.807) is 0 Å². The summed E-state index contributed by atoms with van der Waals surface area (Å²) in [5.41, 5.74) is 0.764. The van der Waals surface area contributed by atoms with E-state index in [4.69, 9.17) is 4.74 Å². The number of piperidine rings is 1. The summed E-state index contributed by atoms with van der Waals surface area (Å²) in [7, 11) is 0. The van der Waals surface area contributed by atoms with Crippen LogP contribution in [0.5, 0.6) is 0 Å². The van der Waals surface area contributed by atoms with Gasteiger partial charge < -0.3 is 9.64 Å². The van der Waals surface area contributed by atoms with Crippen LogP contribution < -0.4 is 0 Å². The van der Waals surface area contributed by atoms with Crippen LogP contribution in [0.25, 0.3) is 5.65 Å². The van der Waals surface area contributed by atoms with E-state index in [1.807, 2.05) is 47.5 Å². The van der Waals surface area contributed by atoms with Crippen LogP contribution in [0.2, 0.25) is 0 Å². The standard InChI is InChI=1S/C17H22N4O3S/c1-3-24-16(23)13-7-10-20(11-8-13)15(22)12(2)25-17-19-18-14-6-4-5-9-21(14)17/h4-6,9,12-13H,3,7-8,10-11H2,1-2H3. The lowest BCUT2D eigenvalue weighted by atomic mass is 9.97. The van der Waals surface area contributed by atoms with Gasteiger partial charge in [-0.2, -0.15) is 0 Å². The molecule has 134 valence electrons. The first kappa shape index (κ1) is 17.7. The number of nitrogens with zero attached hydrogens (tertiary/aromatic N) is 4. The van der Waals surface area contributed by atoms with E-state index >= 15 is 0 Å². The maximum atomic E-state index is 12.7. The van der Waals surface area contributed by atoms with Gasteiger partial charge in [-0.05, 0) is 38.8 Å². The minimum Gasteiger partial charge on any atom is -0.466 e. The topological polar surface area (TPSA) is 76.8 Å². The number of carbonyl (C=O) groups excluding carboxylic acids is 2. The average Bonchev–Trinajstić information content (AvgIpc) is 3.04. The Labute approximate surface area is 150 Å². The maximum absolute atomic E-state index is 12.7. The number of hydrogen-bond acceptors (Lipinski definition) is 6. The van der Waals surface area contributed by atoms with Crippen molar-refractivity contribution in [3.8, 4) is 0 Å². The fourth-order valence-electron chi connectivity index (χ4n) is 2.96. The molecule has 25 heavy (non-hydrogen) atoms. The normalized spacial score (nSPS) is 16.8. The number of thioether (sulfide) groups is 1. The second-order valence-electron chi connectivity index (χ2n) is 6.02. The van der Waals surface area contributed by atoms with Crippen molar-refractivity contribution in [2.75, 3.05) is 19.7 Å². The minimum absolute atomic E-state index is 0.0694. The number of ether oxygens (including phenoxy) is 1. The van der Waals surface area contributed by atoms with Gasteiger partial charge in [0.25, 0.3) is 0 Å². The van der Waals surface area contributed by atoms with Crippen LogP contribution in [-0.4, -0.2) is 56.3 Å². The second-order valence-corrected chi connectivity index (χ2v) is 7.33. The smallest absolute Gasteiger partial charge is 0.309 e. The second kappa shape index (κ2) is 7.86. The van der Waals surface area contributed by atoms with Gasteiger partial charge in [0.05, 0.1) is 17.8 Å². The largest absolute Gasteiger partial charge is 0.466 e. The first-order chi connectivity index (χ1) is 12.1. The number of aromatic nitrogens is 3. The average molecular weight is 362 g/mol. The number of likely N-dealkylation sites (tertiary alicyclic amines) is 1. The van der Waals surface area contributed by atoms with Crippen LogP contribution in [0, 0.1) is 5.92 Å². The molecular weight excluding hydrogens is 340 g/mol. The molecule has 3 heterocycles. The number of carbonyl (C=O) groups is 2. The molecule has 1 fully saturated rings. The number of hydrogen-bond donors (Lipinski definition) is 0. The fraction of sp³-hybridized carbons (Fsp3) is 0.529. The van der Waals surface area contributed by atoms with E-state index in [-0.39, 0.29) is 23.0 Å². The lowest BCUT2D eigenvalue weighted by molar-refractivity contribution is -0.151. The molecule has 2 aromatic rings. The number of pyridine rings is 1. The summed E-state index contributed by atoms with van der Waals surface area (Å²) in [6.07, 6.45) is 3.21. The minimum atomic E-state index is -0.258. The van der Waals surface area contributed by atoms with E-state index in [2.05, 4.69) is 10.2 Å². The molecule has 0 N–H and O–H groups in total. The van der Waals surface area contributed by atoms with Crippen LogP contribution in [0.4, 0.5) is 0 Å². The third kappa shape index (κ3) is 3.95. The highest BCUT2D eigenvalue weighted by Gasteiger charge is 2.30. The molecule has 0 aromatic carbocycles. The molecule has 1 amide bonds. The summed E-state index contributed by atoms with van der Waals surface area (Å²) in [4.78, 5) is 26.3. The van der Waals surface area contributed by atoms with Crippen molar-refractivity contribution in [2.45, 2.75) is 37.1 Å². The van der Waals surface area contributed by atoms with Gasteiger partial charge in [-0.15, -0.1) is 10.2 Å². The summed E-state index contributed by atoms with van der Waals surface area (Å²) >= 11 is 1.40. The number of esters is 1. The van der Waals surface area contributed by atoms with Gasteiger partial charge in [0.15, 0.2) is 10.8 Å². The lowest BCUT2D eigenvalue weighted by Crippen LogP contribution is -2.43. The molecule has 0 radical (unpaired) electrons. The Morgan fingerprint density at radius 2 is 2.08 bits per heavy atom. The van der Waals surface area contributed by atoms with Crippen LogP contribution >= 0.6 is 11.8 Å². The van der Waals surface area contributed by atoms with Crippen molar-refractivity contribution in [3.05, 3.63) is 24.4 Å². The zero-order chi connectivity index (χ0) is 17.8. The molecule has 0 aliphatic carbocycles. The Kier molecular flexibility index (Phi) is 5.57. The van der Waals surface area contributed by atoms with Gasteiger partial charge >= 0.3 is 5.97 Å². The fourth-order valence-corrected chi connectivity index (χ4v) is 3.88. The quantitative estimate of drug-likeness (QED) is 0.598. The van der Waals surface area contributed by atoms with Crippen molar-refractivity contribution >= 4 is 29.3 Å². The zero-order valence-electron chi connectivity index (χ0n) is 14.4. The maximum Gasteiger partial charge on any atom is 0.309 e. The molecule has 3 rings (SSSR count). The number of fused-ring (bicyclic) bond motifs is 1. The third-order valence-corrected chi connectivity index (χ3v) is 5.38. The Hall–Kier alpha value is -2.09. The first-order valence-electron chi connectivity index (χ1n) is 8.52. The third-order valence-electron chi connectivity index (χ3n) is 4.34. The van der Waals surface area contributed by atoms with Crippen molar-refractivity contribution in [1.82, 2.24) is 19.5 Å². The van der Waals surface area contributed by atoms with Crippen molar-refractivity contribution in [3.63, 3.8) is 0 Å². The summed E-state index contributed by atoms with van der Waals surface area (Å²) in [5.74, 6) is -0.167. The molecule has 1 saturated heterocycles. The number of rotatable bonds is 5. The van der Waals surface area contributed by atoms with Gasteiger partial charge in [0.1, 0.15) is 0 Å². The molecule has 0 saturated carbocycles. The van der Waals surface area contributed by atoms with Gasteiger partial charge in [-0.25, -0.2) is 0 Å². The molecule has 1 aliphatic rings. The molecule has 1 atom stereocenters. The van der Waals surface area contributed by atoms with Crippen LogP contribution in [-0.2, 0) is 14.3 Å². The van der Waals surface area contributed by atoms with Gasteiger partial charge in [-0.3, -0.25) is 14.0 Å². The SMILES string of the molecule is CCOC(=O)C1CCN(C(=O)C(C)Sc2nnc3ccccn23)CC1. The summed E-state index contributed by atoms with van der Waals surface area (Å²) in [5, 5.41) is 8.72. The Morgan fingerprint density at radius 3 is 2.80 bits per heavy atom. The molecule has 7 nitrogen and oxygen atoms in total. The van der Waals surface area contributed by atoms with Crippen molar-refractivity contribution < 1.29 is 14.3 Å². The highest BCUT2D eigenvalue weighted by atomic mass is 32.2. The van der Waals surface area contributed by atoms with Gasteiger partial charge in [0.2, 0.25) is 5.91 Å². The molecular formula is C17H22N4O3S. The highest BCUT2D eigenvalue weighted by molar-refractivity contribution is 8.00. The highest BCUT2D eigenvalue weighted by Crippen LogP contribution is 2.26. The predicted molar refractivity (Wildman–Crippen MR) is 94.2 cm³/mol. The summed E-state index contributed by atoms with van der Waals surface area (Å²) in [6, 6.07) is 5.69. The zero-order valence-corrected chi connectivity index (χ0v) is 15.2. The summed E-state index contributed by atoms with van der Waals surface area (Å²) in [6.45, 7) is 5.28. The van der Waals surface area contributed by atoms with E-state index in [0.717, 1.165) is 5.65 Å². The van der Waals surface area contributed by atoms with E-state index < -0.39 is 0 Å². The summed E-state index contributed by atoms with van der Waals surface area (Å²) < 4.78 is 6.95. The Balaban J connectivity index is 1.57. The molecule has 0 bridgehead atoms. The molecule has 1 unspecified atom stereocenters. The first-order valence-corrected chi connectivity index (χ1v) is 9.40. The Morgan fingerprint density at radius 1 is 1.32 bits per heavy atom. The van der Waals surface area contributed by atoms with Crippen molar-refractivity contribution in [1.29, 1.82) is 0 Å². The van der Waals surface area contributed by atoms with Crippen LogP contribution in [0.15, 0.2) is 29.6 Å². The van der Waals surface area contributed by atoms with Crippen molar-refractivity contribution in [2.24, 2.45) is 5.92 Å². The van der Waals surface area contributed by atoms with Gasteiger partial charge in [0, 0.05) is 19.3 Å².